The van der Waals surface area contributed by atoms with Crippen LogP contribution < -0.4 is 10.6 Å². The highest BCUT2D eigenvalue weighted by Gasteiger charge is 2.25. The molecule has 0 spiro atoms. The Labute approximate surface area is 168 Å². The molecule has 1 aliphatic heterocycles. The van der Waals surface area contributed by atoms with Crippen LogP contribution in [0.1, 0.15) is 5.69 Å². The van der Waals surface area contributed by atoms with Crippen LogP contribution in [0.5, 0.6) is 0 Å². The van der Waals surface area contributed by atoms with E-state index in [9.17, 15) is 9.90 Å². The molecule has 2 atom stereocenters. The van der Waals surface area contributed by atoms with Gasteiger partial charge in [0.1, 0.15) is 5.01 Å². The first-order valence-corrected chi connectivity index (χ1v) is 8.73. The first-order valence-electron chi connectivity index (χ1n) is 7.47. The summed E-state index contributed by atoms with van der Waals surface area (Å²) in [6.45, 7) is 1.82. The van der Waals surface area contributed by atoms with Crippen molar-refractivity contribution in [1.29, 1.82) is 0 Å². The molecule has 138 valence electrons. The minimum absolute atomic E-state index is 0. The monoisotopic (exact) mass is 423 g/mol. The molecule has 2 unspecified atom stereocenters. The smallest absolute Gasteiger partial charge is 0.226 e. The molecule has 0 bridgehead atoms. The minimum atomic E-state index is -0.383. The lowest BCUT2D eigenvalue weighted by Gasteiger charge is -2.13. The van der Waals surface area contributed by atoms with Crippen molar-refractivity contribution < 1.29 is 9.90 Å². The minimum Gasteiger partial charge on any atom is -0.391 e. The van der Waals surface area contributed by atoms with E-state index in [1.165, 1.54) is 11.3 Å². The second-order valence-electron chi connectivity index (χ2n) is 5.62. The van der Waals surface area contributed by atoms with Crippen LogP contribution in [0, 0.1) is 5.92 Å². The van der Waals surface area contributed by atoms with Crippen LogP contribution in [-0.2, 0) is 11.2 Å². The van der Waals surface area contributed by atoms with E-state index in [0.717, 1.165) is 22.8 Å². The summed E-state index contributed by atoms with van der Waals surface area (Å²) in [6, 6.07) is 7.48. The van der Waals surface area contributed by atoms with Gasteiger partial charge in [0.05, 0.1) is 18.2 Å². The van der Waals surface area contributed by atoms with Crippen molar-refractivity contribution in [2.75, 3.05) is 19.6 Å². The molecule has 1 aromatic heterocycles. The number of benzene rings is 1. The first-order chi connectivity index (χ1) is 11.1. The van der Waals surface area contributed by atoms with Crippen LogP contribution in [0.2, 0.25) is 5.02 Å². The van der Waals surface area contributed by atoms with Crippen molar-refractivity contribution in [3.05, 3.63) is 40.4 Å². The molecule has 0 saturated carbocycles. The van der Waals surface area contributed by atoms with Crippen LogP contribution in [0.25, 0.3) is 10.6 Å². The van der Waals surface area contributed by atoms with Crippen LogP contribution >= 0.6 is 47.8 Å². The molecule has 0 radical (unpaired) electrons. The third kappa shape index (κ3) is 6.09. The molecule has 1 saturated heterocycles. The van der Waals surface area contributed by atoms with Gasteiger partial charge in [0.25, 0.3) is 0 Å². The fourth-order valence-electron chi connectivity index (χ4n) is 2.51. The van der Waals surface area contributed by atoms with Gasteiger partial charge in [-0.05, 0) is 12.1 Å². The van der Waals surface area contributed by atoms with Crippen molar-refractivity contribution in [1.82, 2.24) is 15.6 Å². The lowest BCUT2D eigenvalue weighted by Crippen LogP contribution is -2.35. The number of thiazole rings is 1. The lowest BCUT2D eigenvalue weighted by atomic mass is 10.1. The van der Waals surface area contributed by atoms with Crippen molar-refractivity contribution in [3.63, 3.8) is 0 Å². The number of hydrogen-bond acceptors (Lipinski definition) is 5. The zero-order valence-electron chi connectivity index (χ0n) is 13.3. The third-order valence-electron chi connectivity index (χ3n) is 3.85. The number of amides is 1. The van der Waals surface area contributed by atoms with Crippen molar-refractivity contribution in [2.45, 2.75) is 12.5 Å². The molecular weight excluding hydrogens is 405 g/mol. The van der Waals surface area contributed by atoms with Gasteiger partial charge in [0, 0.05) is 41.5 Å². The molecule has 1 aromatic carbocycles. The standard InChI is InChI=1S/C16H18ClN3O2S.2ClH/c17-12-3-1-10(2-4-12)16-20-13(9-23-16)5-15(22)19-7-11-6-18-8-14(11)21;;/h1-4,9,11,14,18,21H,5-8H2,(H,19,22);2*1H. The molecule has 9 heteroatoms. The maximum Gasteiger partial charge on any atom is 0.226 e. The average Bonchev–Trinajstić information content (AvgIpc) is 3.15. The molecular formula is C16H20Cl3N3O2S. The molecule has 1 amide bonds. The maximum atomic E-state index is 12.0. The van der Waals surface area contributed by atoms with E-state index in [1.807, 2.05) is 29.6 Å². The second-order valence-corrected chi connectivity index (χ2v) is 6.91. The number of aromatic nitrogens is 1. The van der Waals surface area contributed by atoms with E-state index < -0.39 is 0 Å². The number of aliphatic hydroxyl groups excluding tert-OH is 1. The van der Waals surface area contributed by atoms with Gasteiger partial charge in [-0.3, -0.25) is 4.79 Å². The Hall–Kier alpha value is -0.890. The molecule has 5 nitrogen and oxygen atoms in total. The van der Waals surface area contributed by atoms with Crippen molar-refractivity contribution in [3.8, 4) is 10.6 Å². The Balaban J connectivity index is 0.00000156. The summed E-state index contributed by atoms with van der Waals surface area (Å²) < 4.78 is 0. The summed E-state index contributed by atoms with van der Waals surface area (Å²) >= 11 is 7.39. The van der Waals surface area contributed by atoms with Gasteiger partial charge in [0.2, 0.25) is 5.91 Å². The fourth-order valence-corrected chi connectivity index (χ4v) is 3.46. The van der Waals surface area contributed by atoms with Crippen molar-refractivity contribution >= 4 is 53.7 Å². The number of hydrogen-bond donors (Lipinski definition) is 3. The molecule has 1 fully saturated rings. The van der Waals surface area contributed by atoms with Gasteiger partial charge in [0.15, 0.2) is 0 Å². The highest BCUT2D eigenvalue weighted by molar-refractivity contribution is 7.13. The Kier molecular flexibility index (Phi) is 9.13. The van der Waals surface area contributed by atoms with Gasteiger partial charge in [-0.15, -0.1) is 36.2 Å². The average molecular weight is 425 g/mol. The number of nitrogens with zero attached hydrogens (tertiary/aromatic N) is 1. The van der Waals surface area contributed by atoms with Crippen LogP contribution in [0.15, 0.2) is 29.6 Å². The first kappa shape index (κ1) is 22.2. The topological polar surface area (TPSA) is 74.2 Å². The lowest BCUT2D eigenvalue weighted by molar-refractivity contribution is -0.120. The van der Waals surface area contributed by atoms with E-state index in [0.29, 0.717) is 18.1 Å². The Morgan fingerprint density at radius 1 is 1.32 bits per heavy atom. The predicted molar refractivity (Wildman–Crippen MR) is 106 cm³/mol. The normalized spacial score (nSPS) is 19.0. The van der Waals surface area contributed by atoms with Crippen LogP contribution in [-0.4, -0.2) is 41.7 Å². The zero-order chi connectivity index (χ0) is 16.2. The van der Waals surface area contributed by atoms with Gasteiger partial charge in [-0.2, -0.15) is 0 Å². The van der Waals surface area contributed by atoms with Crippen molar-refractivity contribution in [2.24, 2.45) is 5.92 Å². The Morgan fingerprint density at radius 2 is 2.04 bits per heavy atom. The van der Waals surface area contributed by atoms with Gasteiger partial charge in [-0.1, -0.05) is 23.7 Å². The number of β-amino-alcohol motifs (C(OH)–C–C–N with tert-alkyl or cyclic N) is 1. The number of aliphatic hydroxyl groups is 1. The number of nitrogens with one attached hydrogen (secondary N) is 2. The molecule has 3 rings (SSSR count). The molecule has 0 aliphatic carbocycles. The van der Waals surface area contributed by atoms with Crippen LogP contribution in [0.3, 0.4) is 0 Å². The molecule has 2 heterocycles. The third-order valence-corrected chi connectivity index (χ3v) is 5.04. The summed E-state index contributed by atoms with van der Waals surface area (Å²) in [7, 11) is 0. The summed E-state index contributed by atoms with van der Waals surface area (Å²) in [4.78, 5) is 16.5. The van der Waals surface area contributed by atoms with E-state index in [-0.39, 0.29) is 49.2 Å². The number of halogens is 3. The highest BCUT2D eigenvalue weighted by atomic mass is 35.5. The summed E-state index contributed by atoms with van der Waals surface area (Å²) in [5.41, 5.74) is 1.74. The maximum absolute atomic E-state index is 12.0. The van der Waals surface area contributed by atoms with Crippen LogP contribution in [0.4, 0.5) is 0 Å². The quantitative estimate of drug-likeness (QED) is 0.689. The van der Waals surface area contributed by atoms with E-state index >= 15 is 0 Å². The van der Waals surface area contributed by atoms with Gasteiger partial charge in [-0.25, -0.2) is 4.98 Å². The van der Waals surface area contributed by atoms with E-state index in [1.54, 1.807) is 0 Å². The highest BCUT2D eigenvalue weighted by Crippen LogP contribution is 2.25. The molecule has 3 N–H and O–H groups in total. The molecule has 25 heavy (non-hydrogen) atoms. The van der Waals surface area contributed by atoms with E-state index in [2.05, 4.69) is 15.6 Å². The Morgan fingerprint density at radius 3 is 2.68 bits per heavy atom. The van der Waals surface area contributed by atoms with Gasteiger partial charge >= 0.3 is 0 Å². The SMILES string of the molecule is Cl.Cl.O=C(Cc1csc(-c2ccc(Cl)cc2)n1)NCC1CNCC1O. The largest absolute Gasteiger partial charge is 0.391 e. The summed E-state index contributed by atoms with van der Waals surface area (Å²) in [5, 5.41) is 19.1. The number of carbonyl (C=O) groups is 1. The number of rotatable bonds is 5. The second kappa shape index (κ2) is 10.3. The summed E-state index contributed by atoms with van der Waals surface area (Å²) in [5.74, 6) is 0.0102. The molecule has 2 aromatic rings. The fraction of sp³-hybridized carbons (Fsp3) is 0.375. The molecule has 1 aliphatic rings. The van der Waals surface area contributed by atoms with Gasteiger partial charge < -0.3 is 15.7 Å². The number of carbonyl (C=O) groups excluding carboxylic acids is 1. The summed E-state index contributed by atoms with van der Waals surface area (Å²) in [6.07, 6.45) is -0.133. The predicted octanol–water partition coefficient (Wildman–Crippen LogP) is 2.55. The Bertz CT molecular complexity index is 682. The van der Waals surface area contributed by atoms with E-state index in [4.69, 9.17) is 11.6 Å². The zero-order valence-corrected chi connectivity index (χ0v) is 16.5.